The van der Waals surface area contributed by atoms with Gasteiger partial charge in [-0.05, 0) is 68.1 Å². The van der Waals surface area contributed by atoms with Crippen molar-refractivity contribution in [2.24, 2.45) is 0 Å². The molecule has 33 heavy (non-hydrogen) atoms. The monoisotopic (exact) mass is 466 g/mol. The first-order valence-corrected chi connectivity index (χ1v) is 12.3. The molecular weight excluding hydrogens is 436 g/mol. The number of rotatable bonds is 10. The van der Waals surface area contributed by atoms with Crippen LogP contribution < -0.4 is 14.4 Å². The second-order valence-electron chi connectivity index (χ2n) is 7.92. The molecule has 3 rings (SSSR count). The van der Waals surface area contributed by atoms with Crippen LogP contribution in [-0.4, -0.2) is 34.5 Å². The molecule has 0 saturated heterocycles. The van der Waals surface area contributed by atoms with Gasteiger partial charge >= 0.3 is 0 Å². The van der Waals surface area contributed by atoms with E-state index in [2.05, 4.69) is 5.32 Å². The Bertz CT molecular complexity index is 1180. The molecular formula is C26H30N2O4S. The van der Waals surface area contributed by atoms with Gasteiger partial charge in [0.2, 0.25) is 5.91 Å². The van der Waals surface area contributed by atoms with E-state index in [9.17, 15) is 13.2 Å². The predicted octanol–water partition coefficient (Wildman–Crippen LogP) is 4.26. The zero-order chi connectivity index (χ0) is 23.8. The first-order valence-electron chi connectivity index (χ1n) is 10.9. The van der Waals surface area contributed by atoms with Crippen molar-refractivity contribution in [2.45, 2.75) is 31.6 Å². The van der Waals surface area contributed by atoms with Crippen molar-refractivity contribution >= 4 is 21.6 Å². The van der Waals surface area contributed by atoms with Crippen LogP contribution in [0.5, 0.6) is 5.75 Å². The Morgan fingerprint density at radius 2 is 1.67 bits per heavy atom. The highest BCUT2D eigenvalue weighted by Gasteiger charge is 2.28. The number of anilines is 1. The van der Waals surface area contributed by atoms with Crippen LogP contribution in [0, 0.1) is 13.8 Å². The number of aryl methyl sites for hydroxylation is 3. The molecule has 0 unspecified atom stereocenters. The van der Waals surface area contributed by atoms with E-state index >= 15 is 0 Å². The maximum atomic E-state index is 13.4. The topological polar surface area (TPSA) is 75.7 Å². The molecule has 3 aromatic carbocycles. The molecule has 0 spiro atoms. The third kappa shape index (κ3) is 6.35. The van der Waals surface area contributed by atoms with Gasteiger partial charge in [-0.15, -0.1) is 0 Å². The fourth-order valence-electron chi connectivity index (χ4n) is 3.60. The normalized spacial score (nSPS) is 11.1. The fraction of sp³-hybridized carbons (Fsp3) is 0.269. The molecule has 174 valence electrons. The predicted molar refractivity (Wildman–Crippen MR) is 131 cm³/mol. The highest BCUT2D eigenvalue weighted by molar-refractivity contribution is 7.92. The van der Waals surface area contributed by atoms with Gasteiger partial charge < -0.3 is 10.1 Å². The minimum absolute atomic E-state index is 0.150. The lowest BCUT2D eigenvalue weighted by atomic mass is 10.1. The molecule has 0 aliphatic carbocycles. The first kappa shape index (κ1) is 24.3. The van der Waals surface area contributed by atoms with E-state index in [0.717, 1.165) is 35.3 Å². The summed E-state index contributed by atoms with van der Waals surface area (Å²) in [6, 6.07) is 21.5. The van der Waals surface area contributed by atoms with Crippen LogP contribution in [0.1, 0.15) is 23.1 Å². The third-order valence-electron chi connectivity index (χ3n) is 5.36. The summed E-state index contributed by atoms with van der Waals surface area (Å²) in [4.78, 5) is 12.9. The number of hydrogen-bond donors (Lipinski definition) is 1. The van der Waals surface area contributed by atoms with Crippen LogP contribution in [0.3, 0.4) is 0 Å². The molecule has 0 aromatic heterocycles. The van der Waals surface area contributed by atoms with Crippen LogP contribution in [-0.2, 0) is 21.2 Å². The molecule has 1 N–H and O–H groups in total. The van der Waals surface area contributed by atoms with Crippen molar-refractivity contribution in [3.63, 3.8) is 0 Å². The van der Waals surface area contributed by atoms with Gasteiger partial charge in [0.05, 0.1) is 17.7 Å². The van der Waals surface area contributed by atoms with E-state index in [0.29, 0.717) is 12.2 Å². The van der Waals surface area contributed by atoms with Crippen LogP contribution in [0.25, 0.3) is 0 Å². The molecule has 0 aliphatic rings. The SMILES string of the molecule is COc1ccc(CCCNC(=O)CN(c2ccc(C)cc2C)S(=O)(=O)c2ccccc2)cc1. The first-order chi connectivity index (χ1) is 15.8. The summed E-state index contributed by atoms with van der Waals surface area (Å²) in [7, 11) is -2.28. The maximum absolute atomic E-state index is 13.4. The molecule has 0 saturated carbocycles. The molecule has 0 bridgehead atoms. The van der Waals surface area contributed by atoms with Crippen LogP contribution in [0.4, 0.5) is 5.69 Å². The van der Waals surface area contributed by atoms with Crippen molar-refractivity contribution in [3.05, 3.63) is 89.5 Å². The van der Waals surface area contributed by atoms with Gasteiger partial charge in [0, 0.05) is 6.54 Å². The van der Waals surface area contributed by atoms with E-state index < -0.39 is 10.0 Å². The second kappa shape index (κ2) is 11.0. The number of ether oxygens (including phenoxy) is 1. The van der Waals surface area contributed by atoms with Gasteiger partial charge in [-0.25, -0.2) is 8.42 Å². The number of nitrogens with one attached hydrogen (secondary N) is 1. The second-order valence-corrected chi connectivity index (χ2v) is 9.78. The number of carbonyl (C=O) groups excluding carboxylic acids is 1. The summed E-state index contributed by atoms with van der Waals surface area (Å²) < 4.78 is 33.2. The average Bonchev–Trinajstić information content (AvgIpc) is 2.81. The Kier molecular flexibility index (Phi) is 8.11. The van der Waals surface area contributed by atoms with Gasteiger partial charge in [-0.3, -0.25) is 9.10 Å². The molecule has 0 fully saturated rings. The standard InChI is InChI=1S/C26H30N2O4S/c1-20-11-16-25(21(2)18-20)28(33(30,31)24-9-5-4-6-10-24)19-26(29)27-17-7-8-22-12-14-23(32-3)15-13-22/h4-6,9-16,18H,7-8,17,19H2,1-3H3,(H,27,29). The summed E-state index contributed by atoms with van der Waals surface area (Å²) in [6.45, 7) is 3.96. The number of nitrogens with zero attached hydrogens (tertiary/aromatic N) is 1. The van der Waals surface area contributed by atoms with Gasteiger partial charge in [0.1, 0.15) is 12.3 Å². The highest BCUT2D eigenvalue weighted by Crippen LogP contribution is 2.27. The number of carbonyl (C=O) groups is 1. The number of benzene rings is 3. The van der Waals surface area contributed by atoms with E-state index in [1.165, 1.54) is 4.31 Å². The number of amides is 1. The third-order valence-corrected chi connectivity index (χ3v) is 7.14. The number of sulfonamides is 1. The lowest BCUT2D eigenvalue weighted by Crippen LogP contribution is -2.41. The molecule has 1 amide bonds. The molecule has 3 aromatic rings. The van der Waals surface area contributed by atoms with Gasteiger partial charge in [-0.1, -0.05) is 48.0 Å². The van der Waals surface area contributed by atoms with Gasteiger partial charge in [0.15, 0.2) is 0 Å². The van der Waals surface area contributed by atoms with E-state index in [1.54, 1.807) is 43.5 Å². The highest BCUT2D eigenvalue weighted by atomic mass is 32.2. The van der Waals surface area contributed by atoms with Crippen molar-refractivity contribution in [1.82, 2.24) is 5.32 Å². The average molecular weight is 467 g/mol. The smallest absolute Gasteiger partial charge is 0.264 e. The van der Waals surface area contributed by atoms with Crippen molar-refractivity contribution < 1.29 is 17.9 Å². The van der Waals surface area contributed by atoms with Crippen LogP contribution in [0.2, 0.25) is 0 Å². The summed E-state index contributed by atoms with van der Waals surface area (Å²) in [5, 5.41) is 2.86. The van der Waals surface area contributed by atoms with E-state index in [4.69, 9.17) is 4.74 Å². The van der Waals surface area contributed by atoms with Crippen molar-refractivity contribution in [2.75, 3.05) is 24.5 Å². The Labute approximate surface area is 196 Å². The largest absolute Gasteiger partial charge is 0.497 e. The summed E-state index contributed by atoms with van der Waals surface area (Å²) in [6.07, 6.45) is 1.54. The Hall–Kier alpha value is -3.32. The summed E-state index contributed by atoms with van der Waals surface area (Å²) in [5.41, 5.74) is 3.46. The zero-order valence-corrected chi connectivity index (χ0v) is 20.1. The Balaban J connectivity index is 1.69. The summed E-state index contributed by atoms with van der Waals surface area (Å²) in [5.74, 6) is 0.461. The van der Waals surface area contributed by atoms with Crippen molar-refractivity contribution in [1.29, 1.82) is 0 Å². The molecule has 7 heteroatoms. The molecule has 0 aliphatic heterocycles. The minimum atomic E-state index is -3.90. The minimum Gasteiger partial charge on any atom is -0.497 e. The zero-order valence-electron chi connectivity index (χ0n) is 19.2. The van der Waals surface area contributed by atoms with Crippen molar-refractivity contribution in [3.8, 4) is 5.75 Å². The lowest BCUT2D eigenvalue weighted by Gasteiger charge is -2.26. The Morgan fingerprint density at radius 3 is 2.30 bits per heavy atom. The number of methoxy groups -OCH3 is 1. The molecule has 6 nitrogen and oxygen atoms in total. The Morgan fingerprint density at radius 1 is 0.970 bits per heavy atom. The van der Waals surface area contributed by atoms with Gasteiger partial charge in [0.25, 0.3) is 10.0 Å². The maximum Gasteiger partial charge on any atom is 0.264 e. The quantitative estimate of drug-likeness (QED) is 0.453. The van der Waals surface area contributed by atoms with Crippen LogP contribution in [0.15, 0.2) is 77.7 Å². The fourth-order valence-corrected chi connectivity index (χ4v) is 5.11. The van der Waals surface area contributed by atoms with Gasteiger partial charge in [-0.2, -0.15) is 0 Å². The molecule has 0 atom stereocenters. The summed E-state index contributed by atoms with van der Waals surface area (Å²) >= 11 is 0. The number of hydrogen-bond acceptors (Lipinski definition) is 4. The molecule has 0 radical (unpaired) electrons. The van der Waals surface area contributed by atoms with E-state index in [-0.39, 0.29) is 17.3 Å². The van der Waals surface area contributed by atoms with Crippen LogP contribution >= 0.6 is 0 Å². The van der Waals surface area contributed by atoms with E-state index in [1.807, 2.05) is 50.2 Å². The lowest BCUT2D eigenvalue weighted by molar-refractivity contribution is -0.119. The molecule has 0 heterocycles.